The first-order valence-corrected chi connectivity index (χ1v) is 7.54. The standard InChI is InChI=1S/C15H21ClN2/c16-15-6-5-11(10-18-15)13-3-1-2-4-14(13)12-7-8-17-9-12/h5-6,10,12-14,17H,1-4,7-9H2/t12-,13?,14?/m0/s1. The average Bonchev–Trinajstić information content (AvgIpc) is 2.93. The molecule has 18 heavy (non-hydrogen) atoms. The maximum absolute atomic E-state index is 5.89. The van der Waals surface area contributed by atoms with Gasteiger partial charge < -0.3 is 5.32 Å². The summed E-state index contributed by atoms with van der Waals surface area (Å²) in [5.41, 5.74) is 1.40. The third-order valence-corrected chi connectivity index (χ3v) is 4.93. The Balaban J connectivity index is 1.80. The number of rotatable bonds is 2. The van der Waals surface area contributed by atoms with Gasteiger partial charge in [-0.1, -0.05) is 30.5 Å². The van der Waals surface area contributed by atoms with Crippen LogP contribution >= 0.6 is 11.6 Å². The van der Waals surface area contributed by atoms with Gasteiger partial charge in [0.2, 0.25) is 0 Å². The predicted molar refractivity (Wildman–Crippen MR) is 74.9 cm³/mol. The molecule has 1 N–H and O–H groups in total. The van der Waals surface area contributed by atoms with Gasteiger partial charge >= 0.3 is 0 Å². The fraction of sp³-hybridized carbons (Fsp3) is 0.667. The molecule has 3 rings (SSSR count). The first kappa shape index (κ1) is 12.4. The summed E-state index contributed by atoms with van der Waals surface area (Å²) in [4.78, 5) is 4.27. The van der Waals surface area contributed by atoms with Crippen molar-refractivity contribution >= 4 is 11.6 Å². The Morgan fingerprint density at radius 3 is 2.78 bits per heavy atom. The topological polar surface area (TPSA) is 24.9 Å². The lowest BCUT2D eigenvalue weighted by atomic mass is 9.70. The highest BCUT2D eigenvalue weighted by Crippen LogP contribution is 2.43. The summed E-state index contributed by atoms with van der Waals surface area (Å²) in [6.07, 6.45) is 8.82. The van der Waals surface area contributed by atoms with Crippen molar-refractivity contribution in [2.75, 3.05) is 13.1 Å². The molecule has 0 amide bonds. The van der Waals surface area contributed by atoms with Crippen LogP contribution in [0, 0.1) is 11.8 Å². The van der Waals surface area contributed by atoms with E-state index in [9.17, 15) is 0 Å². The lowest BCUT2D eigenvalue weighted by Crippen LogP contribution is -2.27. The van der Waals surface area contributed by atoms with Crippen LogP contribution in [0.25, 0.3) is 0 Å². The molecule has 0 bridgehead atoms. The fourth-order valence-electron chi connectivity index (χ4n) is 3.79. The number of aromatic nitrogens is 1. The molecule has 1 aliphatic heterocycles. The quantitative estimate of drug-likeness (QED) is 0.826. The van der Waals surface area contributed by atoms with Gasteiger partial charge in [-0.15, -0.1) is 0 Å². The molecule has 1 aliphatic carbocycles. The fourth-order valence-corrected chi connectivity index (χ4v) is 3.90. The second-order valence-electron chi connectivity index (χ2n) is 5.72. The van der Waals surface area contributed by atoms with E-state index in [-0.39, 0.29) is 0 Å². The highest BCUT2D eigenvalue weighted by atomic mass is 35.5. The third-order valence-electron chi connectivity index (χ3n) is 4.70. The van der Waals surface area contributed by atoms with Gasteiger partial charge in [0.05, 0.1) is 0 Å². The van der Waals surface area contributed by atoms with Gasteiger partial charge in [0.25, 0.3) is 0 Å². The van der Waals surface area contributed by atoms with Crippen LogP contribution in [0.15, 0.2) is 18.3 Å². The van der Waals surface area contributed by atoms with Crippen molar-refractivity contribution in [3.05, 3.63) is 29.0 Å². The zero-order chi connectivity index (χ0) is 12.4. The molecule has 1 aromatic rings. The molecule has 1 saturated carbocycles. The number of hydrogen-bond donors (Lipinski definition) is 1. The monoisotopic (exact) mass is 264 g/mol. The van der Waals surface area contributed by atoms with Gasteiger partial charge in [-0.3, -0.25) is 0 Å². The second kappa shape index (κ2) is 5.58. The summed E-state index contributed by atoms with van der Waals surface area (Å²) in [5, 5.41) is 4.12. The molecule has 1 saturated heterocycles. The van der Waals surface area contributed by atoms with Gasteiger partial charge in [0.1, 0.15) is 5.15 Å². The largest absolute Gasteiger partial charge is 0.316 e. The van der Waals surface area contributed by atoms with Crippen molar-refractivity contribution < 1.29 is 0 Å². The first-order valence-electron chi connectivity index (χ1n) is 7.17. The molecule has 2 nitrogen and oxygen atoms in total. The summed E-state index contributed by atoms with van der Waals surface area (Å²) in [6, 6.07) is 4.12. The van der Waals surface area contributed by atoms with E-state index in [2.05, 4.69) is 16.4 Å². The lowest BCUT2D eigenvalue weighted by Gasteiger charge is -2.35. The Hall–Kier alpha value is -0.600. The molecule has 98 valence electrons. The Morgan fingerprint density at radius 2 is 2.06 bits per heavy atom. The van der Waals surface area contributed by atoms with Gasteiger partial charge in [0.15, 0.2) is 0 Å². The van der Waals surface area contributed by atoms with Crippen LogP contribution in [0.5, 0.6) is 0 Å². The number of nitrogens with one attached hydrogen (secondary N) is 1. The lowest BCUT2D eigenvalue weighted by molar-refractivity contribution is 0.224. The minimum absolute atomic E-state index is 0.605. The molecule has 2 heterocycles. The molecule has 2 fully saturated rings. The number of nitrogens with zero attached hydrogens (tertiary/aromatic N) is 1. The normalized spacial score (nSPS) is 32.6. The highest BCUT2D eigenvalue weighted by Gasteiger charge is 2.34. The average molecular weight is 265 g/mol. The van der Waals surface area contributed by atoms with Crippen LogP contribution < -0.4 is 5.32 Å². The van der Waals surface area contributed by atoms with E-state index in [1.54, 1.807) is 0 Å². The van der Waals surface area contributed by atoms with E-state index >= 15 is 0 Å². The van der Waals surface area contributed by atoms with Gasteiger partial charge in [-0.2, -0.15) is 0 Å². The molecule has 3 heteroatoms. The van der Waals surface area contributed by atoms with Crippen LogP contribution in [-0.4, -0.2) is 18.1 Å². The Bertz CT molecular complexity index is 384. The number of hydrogen-bond acceptors (Lipinski definition) is 2. The Labute approximate surface area is 114 Å². The van der Waals surface area contributed by atoms with E-state index in [4.69, 9.17) is 11.6 Å². The highest BCUT2D eigenvalue weighted by molar-refractivity contribution is 6.29. The molecule has 0 aromatic carbocycles. The first-order chi connectivity index (χ1) is 8.84. The maximum atomic E-state index is 5.89. The van der Waals surface area contributed by atoms with E-state index in [0.29, 0.717) is 11.1 Å². The molecule has 2 unspecified atom stereocenters. The molecular weight excluding hydrogens is 244 g/mol. The molecule has 2 aliphatic rings. The van der Waals surface area contributed by atoms with Crippen molar-refractivity contribution in [2.24, 2.45) is 11.8 Å². The van der Waals surface area contributed by atoms with Crippen LogP contribution in [0.2, 0.25) is 5.15 Å². The maximum Gasteiger partial charge on any atom is 0.129 e. The van der Waals surface area contributed by atoms with Crippen molar-refractivity contribution in [1.29, 1.82) is 0 Å². The zero-order valence-electron chi connectivity index (χ0n) is 10.7. The summed E-state index contributed by atoms with van der Waals surface area (Å²) < 4.78 is 0. The van der Waals surface area contributed by atoms with Gasteiger partial charge in [-0.05, 0) is 61.7 Å². The number of halogens is 1. The van der Waals surface area contributed by atoms with E-state index in [1.165, 1.54) is 50.8 Å². The van der Waals surface area contributed by atoms with Gasteiger partial charge in [0, 0.05) is 6.20 Å². The SMILES string of the molecule is Clc1ccc(C2CCCCC2[C@H]2CCNC2)cn1. The summed E-state index contributed by atoms with van der Waals surface area (Å²) >= 11 is 5.89. The minimum atomic E-state index is 0.605. The van der Waals surface area contributed by atoms with Crippen molar-refractivity contribution in [1.82, 2.24) is 10.3 Å². The predicted octanol–water partition coefficient (Wildman–Crippen LogP) is 3.62. The zero-order valence-corrected chi connectivity index (χ0v) is 11.5. The molecule has 1 aromatic heterocycles. The Morgan fingerprint density at radius 1 is 1.17 bits per heavy atom. The third kappa shape index (κ3) is 2.55. The summed E-state index contributed by atoms with van der Waals surface area (Å²) in [5.74, 6) is 2.41. The number of pyridine rings is 1. The van der Waals surface area contributed by atoms with E-state index < -0.39 is 0 Å². The summed E-state index contributed by atoms with van der Waals surface area (Å²) in [6.45, 7) is 2.41. The van der Waals surface area contributed by atoms with Gasteiger partial charge in [-0.25, -0.2) is 4.98 Å². The minimum Gasteiger partial charge on any atom is -0.316 e. The van der Waals surface area contributed by atoms with Crippen LogP contribution in [0.3, 0.4) is 0 Å². The van der Waals surface area contributed by atoms with Crippen LogP contribution in [0.1, 0.15) is 43.6 Å². The van der Waals surface area contributed by atoms with Crippen molar-refractivity contribution in [3.63, 3.8) is 0 Å². The Kier molecular flexibility index (Phi) is 3.86. The smallest absolute Gasteiger partial charge is 0.129 e. The second-order valence-corrected chi connectivity index (χ2v) is 6.11. The molecule has 3 atom stereocenters. The van der Waals surface area contributed by atoms with Crippen LogP contribution in [0.4, 0.5) is 0 Å². The van der Waals surface area contributed by atoms with E-state index in [1.807, 2.05) is 12.3 Å². The van der Waals surface area contributed by atoms with Crippen molar-refractivity contribution in [3.8, 4) is 0 Å². The molecule has 0 spiro atoms. The molecular formula is C15H21ClN2. The van der Waals surface area contributed by atoms with E-state index in [0.717, 1.165) is 11.8 Å². The molecule has 0 radical (unpaired) electrons. The van der Waals surface area contributed by atoms with Crippen molar-refractivity contribution in [2.45, 2.75) is 38.0 Å². The van der Waals surface area contributed by atoms with Crippen LogP contribution in [-0.2, 0) is 0 Å². The summed E-state index contributed by atoms with van der Waals surface area (Å²) in [7, 11) is 0.